The molecule has 0 bridgehead atoms. The highest BCUT2D eigenvalue weighted by Gasteiger charge is 2.27. The van der Waals surface area contributed by atoms with Crippen LogP contribution < -0.4 is 14.2 Å². The number of hydrogen-bond acceptors (Lipinski definition) is 12. The second-order valence-corrected chi connectivity index (χ2v) is 11.8. The van der Waals surface area contributed by atoms with Gasteiger partial charge in [-0.05, 0) is 61.6 Å². The molecule has 0 saturated heterocycles. The van der Waals surface area contributed by atoms with Crippen molar-refractivity contribution in [3.05, 3.63) is 119 Å². The van der Waals surface area contributed by atoms with Gasteiger partial charge in [-0.25, -0.2) is 24.1 Å². The molecule has 5 aromatic rings. The molecule has 0 N–H and O–H groups in total. The van der Waals surface area contributed by atoms with Gasteiger partial charge in [-0.15, -0.1) is 0 Å². The normalized spacial score (nSPS) is 13.9. The summed E-state index contributed by atoms with van der Waals surface area (Å²) >= 11 is 1.21. The van der Waals surface area contributed by atoms with Gasteiger partial charge in [0.25, 0.3) is 5.88 Å². The topological polar surface area (TPSA) is 132 Å². The first kappa shape index (κ1) is 34.0. The molecule has 1 aliphatic rings. The maximum absolute atomic E-state index is 16.0. The Morgan fingerprint density at radius 1 is 0.980 bits per heavy atom. The minimum absolute atomic E-state index is 0.00503. The number of carbonyl (C=O) groups excluding carboxylic acids is 1. The molecule has 1 unspecified atom stereocenters. The van der Waals surface area contributed by atoms with Gasteiger partial charge < -0.3 is 18.9 Å². The lowest BCUT2D eigenvalue weighted by Crippen LogP contribution is -2.19. The van der Waals surface area contributed by atoms with Crippen LogP contribution in [0.1, 0.15) is 40.1 Å². The fraction of sp³-hybridized carbons (Fsp3) is 0.167. The van der Waals surface area contributed by atoms with Crippen molar-refractivity contribution in [1.82, 2.24) is 19.9 Å². The van der Waals surface area contributed by atoms with Crippen LogP contribution in [0.4, 0.5) is 8.78 Å². The molecule has 1 atom stereocenters. The second-order valence-electron chi connectivity index (χ2n) is 10.7. The number of halogens is 2. The van der Waals surface area contributed by atoms with E-state index in [0.29, 0.717) is 22.2 Å². The lowest BCUT2D eigenvalue weighted by molar-refractivity contribution is 0.0525. The van der Waals surface area contributed by atoms with Gasteiger partial charge in [0, 0.05) is 41.7 Å². The van der Waals surface area contributed by atoms with Crippen LogP contribution in [0, 0.1) is 23.0 Å². The Morgan fingerprint density at radius 3 is 2.48 bits per heavy atom. The predicted octanol–water partition coefficient (Wildman–Crippen LogP) is 7.53. The summed E-state index contributed by atoms with van der Waals surface area (Å²) in [4.78, 5) is 31.5. The number of pyridine rings is 1. The summed E-state index contributed by atoms with van der Waals surface area (Å²) in [5.74, 6) is -3.77. The fourth-order valence-corrected chi connectivity index (χ4v) is 5.55. The van der Waals surface area contributed by atoms with Gasteiger partial charge in [0.05, 0.1) is 30.0 Å². The van der Waals surface area contributed by atoms with Crippen molar-refractivity contribution < 1.29 is 32.5 Å². The molecule has 3 aromatic carbocycles. The number of carbonyl (C=O) groups is 1. The molecule has 2 aromatic heterocycles. The molecule has 14 heteroatoms. The Morgan fingerprint density at radius 2 is 1.76 bits per heavy atom. The molecule has 0 radical (unpaired) electrons. The molecule has 0 aliphatic carbocycles. The molecule has 0 amide bonds. The zero-order valence-corrected chi connectivity index (χ0v) is 27.6. The lowest BCUT2D eigenvalue weighted by atomic mass is 10.1. The predicted molar refractivity (Wildman–Crippen MR) is 179 cm³/mol. The van der Waals surface area contributed by atoms with E-state index in [1.54, 1.807) is 31.3 Å². The summed E-state index contributed by atoms with van der Waals surface area (Å²) in [5, 5.41) is 9.83. The number of benzene rings is 3. The Bertz CT molecular complexity index is 2080. The van der Waals surface area contributed by atoms with Crippen molar-refractivity contribution >= 4 is 23.9 Å². The number of rotatable bonds is 12. The van der Waals surface area contributed by atoms with Gasteiger partial charge in [0.2, 0.25) is 11.6 Å². The van der Waals surface area contributed by atoms with Gasteiger partial charge >= 0.3 is 5.97 Å². The Hall–Kier alpha value is -5.91. The van der Waals surface area contributed by atoms with Gasteiger partial charge in [-0.3, -0.25) is 9.89 Å². The molecule has 11 nitrogen and oxygen atoms in total. The first-order valence-corrected chi connectivity index (χ1v) is 16.1. The van der Waals surface area contributed by atoms with Crippen molar-refractivity contribution in [3.8, 4) is 34.9 Å². The van der Waals surface area contributed by atoms with Gasteiger partial charge in [-0.2, -0.15) is 9.65 Å². The van der Waals surface area contributed by atoms with E-state index in [-0.39, 0.29) is 41.6 Å². The van der Waals surface area contributed by atoms with Crippen molar-refractivity contribution in [3.63, 3.8) is 0 Å². The quantitative estimate of drug-likeness (QED) is 0.0948. The van der Waals surface area contributed by atoms with Crippen LogP contribution in [0.15, 0.2) is 100 Å². The van der Waals surface area contributed by atoms with E-state index in [9.17, 15) is 10.1 Å². The zero-order valence-electron chi connectivity index (χ0n) is 26.7. The van der Waals surface area contributed by atoms with E-state index in [0.717, 1.165) is 11.8 Å². The summed E-state index contributed by atoms with van der Waals surface area (Å²) in [5.41, 5.74) is 1.85. The van der Waals surface area contributed by atoms with E-state index < -0.39 is 35.4 Å². The van der Waals surface area contributed by atoms with Crippen molar-refractivity contribution in [1.29, 1.82) is 5.26 Å². The van der Waals surface area contributed by atoms with Crippen LogP contribution in [0.2, 0.25) is 0 Å². The smallest absolute Gasteiger partial charge is 0.341 e. The van der Waals surface area contributed by atoms with Crippen molar-refractivity contribution in [2.75, 3.05) is 20.2 Å². The summed E-state index contributed by atoms with van der Waals surface area (Å²) in [7, 11) is 1.85. The number of hydrogen-bond donors (Lipinski definition) is 0. The molecular formula is C36H28F2N6O5S. The monoisotopic (exact) mass is 694 g/mol. The van der Waals surface area contributed by atoms with Crippen LogP contribution in [0.5, 0.6) is 28.9 Å². The van der Waals surface area contributed by atoms with Gasteiger partial charge in [-0.1, -0.05) is 30.3 Å². The number of aromatic nitrogens is 3. The van der Waals surface area contributed by atoms with E-state index in [4.69, 9.17) is 18.9 Å². The first-order chi connectivity index (χ1) is 24.3. The minimum Gasteiger partial charge on any atom is -0.485 e. The van der Waals surface area contributed by atoms with E-state index in [2.05, 4.69) is 19.9 Å². The highest BCUT2D eigenvalue weighted by molar-refractivity contribution is 7.99. The van der Waals surface area contributed by atoms with Crippen LogP contribution in [0.3, 0.4) is 0 Å². The number of ether oxygens (including phenoxy) is 4. The number of nitrogens with zero attached hydrogens (tertiary/aromatic N) is 6. The average molecular weight is 695 g/mol. The van der Waals surface area contributed by atoms with E-state index in [1.165, 1.54) is 42.4 Å². The molecule has 0 spiro atoms. The third kappa shape index (κ3) is 7.86. The summed E-state index contributed by atoms with van der Waals surface area (Å²) < 4.78 is 53.8. The van der Waals surface area contributed by atoms with Crippen LogP contribution >= 0.6 is 11.8 Å². The first-order valence-electron chi connectivity index (χ1n) is 15.3. The molecule has 1 aliphatic heterocycles. The molecular weight excluding hydrogens is 666 g/mol. The highest BCUT2D eigenvalue weighted by Crippen LogP contribution is 2.41. The Kier molecular flexibility index (Phi) is 10.6. The standard InChI is InChI=1S/C36H28F2N6O5S/c1-3-46-35(45)24-18-42-36(43-19-24)50-25-10-12-28(26(16-25)33-40-13-14-44(33)2)48-32-27(37)20-41-34(31(32)38)49-30-15-23(17-39)9-11-29(30)47-21-22-7-5-4-6-8-22/h4-13,15-16,18-20,33H,3,14,21H2,1-2H3. The van der Waals surface area contributed by atoms with Crippen molar-refractivity contribution in [2.24, 2.45) is 4.99 Å². The third-order valence-corrected chi connectivity index (χ3v) is 8.15. The summed E-state index contributed by atoms with van der Waals surface area (Å²) in [6.07, 6.45) is 4.76. The van der Waals surface area contributed by atoms with E-state index in [1.807, 2.05) is 48.3 Å². The number of nitriles is 1. The Labute approximate surface area is 290 Å². The average Bonchev–Trinajstić information content (AvgIpc) is 3.57. The minimum atomic E-state index is -1.20. The lowest BCUT2D eigenvalue weighted by Gasteiger charge is -2.22. The number of esters is 1. The highest BCUT2D eigenvalue weighted by atomic mass is 32.2. The van der Waals surface area contributed by atoms with Gasteiger partial charge in [0.1, 0.15) is 18.5 Å². The molecule has 3 heterocycles. The zero-order chi connectivity index (χ0) is 35.0. The van der Waals surface area contributed by atoms with Crippen LogP contribution in [0.25, 0.3) is 0 Å². The fourth-order valence-electron chi connectivity index (χ4n) is 4.81. The summed E-state index contributed by atoms with van der Waals surface area (Å²) in [6.45, 7) is 2.66. The maximum atomic E-state index is 16.0. The van der Waals surface area contributed by atoms with Crippen LogP contribution in [-0.2, 0) is 11.3 Å². The number of aliphatic imine (C=N–C) groups is 1. The SMILES string of the molecule is CCOC(=O)c1cnc(Sc2ccc(Oc3c(F)cnc(Oc4cc(C#N)ccc4OCc4ccccc4)c3F)c(C3N=CCN3C)c2)nc1. The molecule has 50 heavy (non-hydrogen) atoms. The molecule has 252 valence electrons. The maximum Gasteiger partial charge on any atom is 0.341 e. The van der Waals surface area contributed by atoms with Gasteiger partial charge in [0.15, 0.2) is 22.5 Å². The molecule has 0 saturated carbocycles. The largest absolute Gasteiger partial charge is 0.485 e. The third-order valence-electron chi connectivity index (χ3n) is 7.27. The second kappa shape index (κ2) is 15.5. The van der Waals surface area contributed by atoms with Crippen molar-refractivity contribution in [2.45, 2.75) is 29.7 Å². The molecule has 6 rings (SSSR count). The molecule has 0 fully saturated rings. The summed E-state index contributed by atoms with van der Waals surface area (Å²) in [6, 6.07) is 20.8. The Balaban J connectivity index is 1.28. The van der Waals surface area contributed by atoms with E-state index >= 15 is 8.78 Å². The van der Waals surface area contributed by atoms with Crippen LogP contribution in [-0.4, -0.2) is 52.2 Å².